The van der Waals surface area contributed by atoms with Crippen LogP contribution in [0.3, 0.4) is 0 Å². The maximum absolute atomic E-state index is 5.67. The molecule has 0 saturated heterocycles. The molecule has 0 amide bonds. The van der Waals surface area contributed by atoms with E-state index in [1.165, 1.54) is 64.7 Å². The fourth-order valence-corrected chi connectivity index (χ4v) is 15.5. The number of aromatic nitrogens is 4. The third-order valence-corrected chi connectivity index (χ3v) is 17.9. The third-order valence-electron chi connectivity index (χ3n) is 13.2. The largest absolute Gasteiger partial charge is 0.309 e. The van der Waals surface area contributed by atoms with Gasteiger partial charge in [-0.15, -0.1) is 0 Å². The molecule has 5 heteroatoms. The van der Waals surface area contributed by atoms with Crippen LogP contribution in [0.25, 0.3) is 88.8 Å². The molecule has 0 aliphatic carbocycles. The Labute approximate surface area is 365 Å². The molecule has 0 N–H and O–H groups in total. The normalized spacial score (nSPS) is 12.9. The van der Waals surface area contributed by atoms with Crippen molar-refractivity contribution in [1.82, 2.24) is 19.1 Å². The van der Waals surface area contributed by atoms with Crippen LogP contribution in [0.4, 0.5) is 0 Å². The lowest BCUT2D eigenvalue weighted by atomic mass is 10.00. The first-order chi connectivity index (χ1) is 31.3. The average Bonchev–Trinajstić information content (AvgIpc) is 3.98. The van der Waals surface area contributed by atoms with Gasteiger partial charge in [0.2, 0.25) is 8.07 Å². The lowest BCUT2D eigenvalue weighted by Crippen LogP contribution is -2.73. The second-order valence-electron chi connectivity index (χ2n) is 16.5. The van der Waals surface area contributed by atoms with Crippen molar-refractivity contribution in [3.8, 4) is 45.1 Å². The molecule has 9 aromatic carbocycles. The van der Waals surface area contributed by atoms with E-state index in [-0.39, 0.29) is 0 Å². The molecule has 0 saturated carbocycles. The Morgan fingerprint density at radius 2 is 0.825 bits per heavy atom. The second-order valence-corrected chi connectivity index (χ2v) is 20.2. The highest BCUT2D eigenvalue weighted by molar-refractivity contribution is 7.21. The van der Waals surface area contributed by atoms with E-state index in [9.17, 15) is 0 Å². The summed E-state index contributed by atoms with van der Waals surface area (Å²) in [6.07, 6.45) is 0. The van der Waals surface area contributed by atoms with Gasteiger partial charge in [-0.2, -0.15) is 0 Å². The van der Waals surface area contributed by atoms with E-state index in [1.807, 2.05) is 0 Å². The molecule has 0 fully saturated rings. The summed E-state index contributed by atoms with van der Waals surface area (Å²) in [7, 11) is -2.89. The molecule has 12 aromatic rings. The molecule has 3 aromatic heterocycles. The Bertz CT molecular complexity index is 3670. The Morgan fingerprint density at radius 1 is 0.349 bits per heavy atom. The lowest BCUT2D eigenvalue weighted by Gasteiger charge is -2.30. The van der Waals surface area contributed by atoms with Crippen LogP contribution in [0.2, 0.25) is 0 Å². The first kappa shape index (κ1) is 35.6. The van der Waals surface area contributed by atoms with Crippen LogP contribution >= 0.6 is 0 Å². The average molecular weight is 819 g/mol. The molecule has 0 radical (unpaired) electrons. The first-order valence-electron chi connectivity index (χ1n) is 21.6. The maximum atomic E-state index is 5.67. The molecule has 0 unspecified atom stereocenters. The summed E-state index contributed by atoms with van der Waals surface area (Å²) in [6.45, 7) is 0. The molecular weight excluding hydrogens is 781 g/mol. The van der Waals surface area contributed by atoms with E-state index < -0.39 is 8.07 Å². The van der Waals surface area contributed by atoms with Gasteiger partial charge in [-0.25, -0.2) is 9.97 Å². The number of rotatable bonds is 6. The van der Waals surface area contributed by atoms with Gasteiger partial charge < -0.3 is 9.13 Å². The Hall–Kier alpha value is -8.12. The maximum Gasteiger partial charge on any atom is 0.203 e. The number of fused-ring (bicyclic) bond motifs is 9. The van der Waals surface area contributed by atoms with E-state index in [2.05, 4.69) is 240 Å². The van der Waals surface area contributed by atoms with Crippen molar-refractivity contribution >= 4 is 72.6 Å². The Balaban J connectivity index is 1.05. The quantitative estimate of drug-likeness (QED) is 0.157. The van der Waals surface area contributed by atoms with Crippen molar-refractivity contribution < 1.29 is 0 Å². The van der Waals surface area contributed by atoms with E-state index in [0.717, 1.165) is 44.9 Å². The molecule has 4 heterocycles. The van der Waals surface area contributed by atoms with Gasteiger partial charge in [0.05, 0.1) is 33.1 Å². The molecule has 63 heavy (non-hydrogen) atoms. The molecule has 4 nitrogen and oxygen atoms in total. The van der Waals surface area contributed by atoms with Crippen LogP contribution in [0.1, 0.15) is 0 Å². The minimum atomic E-state index is -2.89. The molecule has 1 aliphatic rings. The summed E-state index contributed by atoms with van der Waals surface area (Å²) in [4.78, 5) is 11.2. The SMILES string of the molecule is c1ccc(-c2nc(-c3ccc(-n4c5ccccc5c5cc6c(cc54)c4ccccc4n6-c4ccccc4)cc3)c3c(n2)[Si](c2ccccc2)(c2ccccc2)c2ccccc2-3)cc1. The zero-order valence-electron chi connectivity index (χ0n) is 34.2. The van der Waals surface area contributed by atoms with Gasteiger partial charge in [-0.3, -0.25) is 0 Å². The van der Waals surface area contributed by atoms with Gasteiger partial charge >= 0.3 is 0 Å². The van der Waals surface area contributed by atoms with Crippen molar-refractivity contribution in [2.24, 2.45) is 0 Å². The fraction of sp³-hybridized carbons (Fsp3) is 0. The highest BCUT2D eigenvalue weighted by atomic mass is 28.3. The van der Waals surface area contributed by atoms with Gasteiger partial charge in [0.1, 0.15) is 0 Å². The standard InChI is InChI=1S/C58H38N4Si/c1-5-19-40(20-6-1)57-59-56(55-47-29-15-18-32-54(47)63(58(55)60-57,43-23-9-3-10-24-43)44-25-11-4-12-26-44)39-33-35-42(36-34-39)62-51-31-17-14-28-46(51)49-37-52-48(38-53(49)62)45-27-13-16-30-50(45)61(52)41-21-7-2-8-22-41/h1-38H. The van der Waals surface area contributed by atoms with Gasteiger partial charge in [-0.05, 0) is 69.7 Å². The van der Waals surface area contributed by atoms with Gasteiger partial charge in [0.25, 0.3) is 0 Å². The minimum Gasteiger partial charge on any atom is -0.309 e. The highest BCUT2D eigenvalue weighted by Crippen LogP contribution is 2.41. The molecule has 0 spiro atoms. The van der Waals surface area contributed by atoms with E-state index in [1.54, 1.807) is 0 Å². The number of hydrogen-bond donors (Lipinski definition) is 0. The summed E-state index contributed by atoms with van der Waals surface area (Å²) in [5, 5.41) is 10.0. The minimum absolute atomic E-state index is 0.742. The van der Waals surface area contributed by atoms with Gasteiger partial charge in [0.15, 0.2) is 5.82 Å². The van der Waals surface area contributed by atoms with Crippen LogP contribution in [0.15, 0.2) is 231 Å². The predicted molar refractivity (Wildman–Crippen MR) is 264 cm³/mol. The van der Waals surface area contributed by atoms with Crippen molar-refractivity contribution in [2.75, 3.05) is 0 Å². The van der Waals surface area contributed by atoms with Crippen LogP contribution in [0.5, 0.6) is 0 Å². The third kappa shape index (κ3) is 5.21. The summed E-state index contributed by atoms with van der Waals surface area (Å²) in [5.74, 6) is 0.742. The van der Waals surface area contributed by atoms with Crippen molar-refractivity contribution in [3.63, 3.8) is 0 Å². The van der Waals surface area contributed by atoms with Crippen LogP contribution in [-0.2, 0) is 0 Å². The van der Waals surface area contributed by atoms with Crippen molar-refractivity contribution in [2.45, 2.75) is 0 Å². The number of para-hydroxylation sites is 3. The molecule has 294 valence electrons. The smallest absolute Gasteiger partial charge is 0.203 e. The number of benzene rings is 9. The summed E-state index contributed by atoms with van der Waals surface area (Å²) in [6, 6.07) is 83.7. The predicted octanol–water partition coefficient (Wildman–Crippen LogP) is 11.4. The van der Waals surface area contributed by atoms with E-state index in [0.29, 0.717) is 0 Å². The van der Waals surface area contributed by atoms with Gasteiger partial charge in [-0.1, -0.05) is 182 Å². The van der Waals surface area contributed by atoms with E-state index in [4.69, 9.17) is 9.97 Å². The molecule has 1 aliphatic heterocycles. The molecule has 0 atom stereocenters. The number of hydrogen-bond acceptors (Lipinski definition) is 2. The van der Waals surface area contributed by atoms with Crippen molar-refractivity contribution in [1.29, 1.82) is 0 Å². The summed E-state index contributed by atoms with van der Waals surface area (Å²) >= 11 is 0. The first-order valence-corrected chi connectivity index (χ1v) is 23.6. The van der Waals surface area contributed by atoms with E-state index >= 15 is 0 Å². The van der Waals surface area contributed by atoms with Crippen LogP contribution < -0.4 is 20.9 Å². The zero-order valence-corrected chi connectivity index (χ0v) is 35.2. The van der Waals surface area contributed by atoms with Crippen LogP contribution in [0, 0.1) is 0 Å². The number of nitrogens with zero attached hydrogens (tertiary/aromatic N) is 4. The second kappa shape index (κ2) is 14.0. The zero-order chi connectivity index (χ0) is 41.5. The lowest BCUT2D eigenvalue weighted by molar-refractivity contribution is 1.17. The Kier molecular flexibility index (Phi) is 7.89. The fourth-order valence-electron chi connectivity index (χ4n) is 10.5. The summed E-state index contributed by atoms with van der Waals surface area (Å²) < 4.78 is 4.83. The van der Waals surface area contributed by atoms with Crippen molar-refractivity contribution in [3.05, 3.63) is 231 Å². The monoisotopic (exact) mass is 818 g/mol. The summed E-state index contributed by atoms with van der Waals surface area (Å²) in [5.41, 5.74) is 12.4. The van der Waals surface area contributed by atoms with Gasteiger partial charge in [0, 0.05) is 49.6 Å². The van der Waals surface area contributed by atoms with Crippen LogP contribution in [-0.4, -0.2) is 27.2 Å². The molecule has 0 bridgehead atoms. The topological polar surface area (TPSA) is 35.6 Å². The Morgan fingerprint density at radius 3 is 1.41 bits per heavy atom. The molecular formula is C58H38N4Si. The molecule has 13 rings (SSSR count). The highest BCUT2D eigenvalue weighted by Gasteiger charge is 2.51.